The Bertz CT molecular complexity index is 774. The first-order valence-electron chi connectivity index (χ1n) is 9.44. The van der Waals surface area contributed by atoms with Crippen molar-refractivity contribution in [3.8, 4) is 0 Å². The lowest BCUT2D eigenvalue weighted by Gasteiger charge is -2.40. The van der Waals surface area contributed by atoms with E-state index >= 15 is 0 Å². The fourth-order valence-corrected chi connectivity index (χ4v) is 3.75. The Morgan fingerprint density at radius 2 is 1.78 bits per heavy atom. The van der Waals surface area contributed by atoms with Gasteiger partial charge in [-0.25, -0.2) is 0 Å². The van der Waals surface area contributed by atoms with Crippen LogP contribution < -0.4 is 5.32 Å². The summed E-state index contributed by atoms with van der Waals surface area (Å²) in [7, 11) is 0. The first-order valence-corrected chi connectivity index (χ1v) is 9.44. The minimum absolute atomic E-state index is 0.00828. The van der Waals surface area contributed by atoms with Crippen LogP contribution in [-0.4, -0.2) is 28.4 Å². The van der Waals surface area contributed by atoms with Gasteiger partial charge in [-0.2, -0.15) is 0 Å². The lowest BCUT2D eigenvalue weighted by atomic mass is 9.83. The summed E-state index contributed by atoms with van der Waals surface area (Å²) in [5.41, 5.74) is 2.83. The smallest absolute Gasteiger partial charge is 0.225 e. The van der Waals surface area contributed by atoms with Crippen LogP contribution in [0.25, 0.3) is 0 Å². The van der Waals surface area contributed by atoms with E-state index in [1.54, 1.807) is 0 Å². The van der Waals surface area contributed by atoms with Gasteiger partial charge in [0.2, 0.25) is 11.8 Å². The van der Waals surface area contributed by atoms with Crippen LogP contribution in [0.15, 0.2) is 54.6 Å². The minimum Gasteiger partial charge on any atom is -0.392 e. The Labute approximate surface area is 160 Å². The van der Waals surface area contributed by atoms with Gasteiger partial charge in [-0.05, 0) is 30.0 Å². The molecule has 3 rings (SSSR count). The van der Waals surface area contributed by atoms with Crippen LogP contribution in [0.1, 0.15) is 42.5 Å². The molecule has 2 N–H and O–H groups in total. The maximum atomic E-state index is 13.0. The molecule has 2 aromatic rings. The molecule has 1 saturated heterocycles. The molecule has 2 amide bonds. The highest BCUT2D eigenvalue weighted by molar-refractivity contribution is 5.85. The van der Waals surface area contributed by atoms with Crippen LogP contribution in [0.3, 0.4) is 0 Å². The van der Waals surface area contributed by atoms with Crippen molar-refractivity contribution >= 4 is 11.8 Å². The van der Waals surface area contributed by atoms with Gasteiger partial charge >= 0.3 is 0 Å². The number of carbonyl (C=O) groups excluding carboxylic acids is 2. The van der Waals surface area contributed by atoms with Crippen molar-refractivity contribution in [1.29, 1.82) is 0 Å². The highest BCUT2D eigenvalue weighted by Gasteiger charge is 2.39. The van der Waals surface area contributed by atoms with Crippen molar-refractivity contribution in [2.75, 3.05) is 6.54 Å². The molecule has 2 atom stereocenters. The molecule has 0 saturated carbocycles. The molecule has 0 unspecified atom stereocenters. The molecule has 27 heavy (non-hydrogen) atoms. The molecule has 0 spiro atoms. The monoisotopic (exact) mass is 366 g/mol. The number of aliphatic hydroxyl groups is 1. The van der Waals surface area contributed by atoms with E-state index in [0.717, 1.165) is 16.7 Å². The second-order valence-electron chi connectivity index (χ2n) is 6.87. The highest BCUT2D eigenvalue weighted by atomic mass is 16.3. The van der Waals surface area contributed by atoms with Crippen molar-refractivity contribution < 1.29 is 14.7 Å². The summed E-state index contributed by atoms with van der Waals surface area (Å²) >= 11 is 0. The number of nitrogens with zero attached hydrogens (tertiary/aromatic N) is 1. The van der Waals surface area contributed by atoms with Gasteiger partial charge in [-0.15, -0.1) is 0 Å². The number of aliphatic hydroxyl groups excluding tert-OH is 1. The first kappa shape index (κ1) is 19.1. The van der Waals surface area contributed by atoms with Gasteiger partial charge in [0.25, 0.3) is 0 Å². The third-order valence-electron chi connectivity index (χ3n) is 5.20. The molecule has 1 aliphatic heterocycles. The Hall–Kier alpha value is -2.66. The topological polar surface area (TPSA) is 69.6 Å². The van der Waals surface area contributed by atoms with E-state index < -0.39 is 0 Å². The van der Waals surface area contributed by atoms with Gasteiger partial charge < -0.3 is 15.3 Å². The molecule has 2 aromatic carbocycles. The van der Waals surface area contributed by atoms with Crippen molar-refractivity contribution in [1.82, 2.24) is 10.2 Å². The number of nitrogens with one attached hydrogen (secondary N) is 1. The average molecular weight is 366 g/mol. The standard InChI is InChI=1S/C22H26N2O3/c1-2-24-20(26)13-12-19(21(24)18-6-4-3-5-7-18)22(27)23-14-16-8-10-17(15-25)11-9-16/h3-11,19,21,25H,2,12-15H2,1H3,(H,23,27)/t19-,21+/m1/s1. The molecule has 1 aliphatic rings. The van der Waals surface area contributed by atoms with Crippen LogP contribution in [0.4, 0.5) is 0 Å². The Balaban J connectivity index is 1.75. The van der Waals surface area contributed by atoms with Gasteiger partial charge in [0.15, 0.2) is 0 Å². The molecule has 5 nitrogen and oxygen atoms in total. The minimum atomic E-state index is -0.262. The predicted octanol–water partition coefficient (Wildman–Crippen LogP) is 2.79. The third-order valence-corrected chi connectivity index (χ3v) is 5.20. The first-order chi connectivity index (χ1) is 13.1. The zero-order valence-corrected chi connectivity index (χ0v) is 15.6. The van der Waals surface area contributed by atoms with Gasteiger partial charge in [0, 0.05) is 19.5 Å². The molecular formula is C22H26N2O3. The summed E-state index contributed by atoms with van der Waals surface area (Å²) < 4.78 is 0. The van der Waals surface area contributed by atoms with Crippen LogP contribution in [0, 0.1) is 5.92 Å². The quantitative estimate of drug-likeness (QED) is 0.826. The largest absolute Gasteiger partial charge is 0.392 e. The fourth-order valence-electron chi connectivity index (χ4n) is 3.75. The van der Waals surface area contributed by atoms with Crippen LogP contribution in [0.5, 0.6) is 0 Å². The summed E-state index contributed by atoms with van der Waals surface area (Å²) in [6, 6.07) is 17.1. The second kappa shape index (κ2) is 8.82. The number of piperidine rings is 1. The molecule has 1 fully saturated rings. The number of likely N-dealkylation sites (tertiary alicyclic amines) is 1. The molecule has 1 heterocycles. The number of benzene rings is 2. The summed E-state index contributed by atoms with van der Waals surface area (Å²) in [5.74, 6) is -0.183. The number of rotatable bonds is 6. The number of amides is 2. The molecule has 142 valence electrons. The van der Waals surface area contributed by atoms with Gasteiger partial charge in [0.1, 0.15) is 0 Å². The molecule has 0 aliphatic carbocycles. The molecule has 0 aromatic heterocycles. The van der Waals surface area contributed by atoms with E-state index in [0.29, 0.717) is 25.9 Å². The Morgan fingerprint density at radius 1 is 1.11 bits per heavy atom. The van der Waals surface area contributed by atoms with E-state index in [-0.39, 0.29) is 30.4 Å². The lowest BCUT2D eigenvalue weighted by molar-refractivity contribution is -0.143. The Kier molecular flexibility index (Phi) is 6.24. The maximum absolute atomic E-state index is 13.0. The lowest BCUT2D eigenvalue weighted by Crippen LogP contribution is -2.47. The SMILES string of the molecule is CCN1C(=O)CC[C@@H](C(=O)NCc2ccc(CO)cc2)[C@@H]1c1ccccc1. The van der Waals surface area contributed by atoms with Crippen molar-refractivity contribution in [3.63, 3.8) is 0 Å². The van der Waals surface area contributed by atoms with E-state index in [9.17, 15) is 9.59 Å². The average Bonchev–Trinajstić information content (AvgIpc) is 2.72. The summed E-state index contributed by atoms with van der Waals surface area (Å²) in [6.07, 6.45) is 0.963. The molecule has 0 radical (unpaired) electrons. The van der Waals surface area contributed by atoms with E-state index in [1.165, 1.54) is 0 Å². The summed E-state index contributed by atoms with van der Waals surface area (Å²) in [4.78, 5) is 27.2. The van der Waals surface area contributed by atoms with Gasteiger partial charge in [0.05, 0.1) is 18.6 Å². The second-order valence-corrected chi connectivity index (χ2v) is 6.87. The number of hydrogen-bond donors (Lipinski definition) is 2. The number of hydrogen-bond acceptors (Lipinski definition) is 3. The van der Waals surface area contributed by atoms with Gasteiger partial charge in [-0.3, -0.25) is 9.59 Å². The van der Waals surface area contributed by atoms with Crippen molar-refractivity contribution in [2.24, 2.45) is 5.92 Å². The zero-order chi connectivity index (χ0) is 19.2. The summed E-state index contributed by atoms with van der Waals surface area (Å²) in [5, 5.41) is 12.1. The molecular weight excluding hydrogens is 340 g/mol. The van der Waals surface area contributed by atoms with Gasteiger partial charge in [-0.1, -0.05) is 54.6 Å². The maximum Gasteiger partial charge on any atom is 0.225 e. The van der Waals surface area contributed by atoms with Crippen LogP contribution in [0.2, 0.25) is 0 Å². The normalized spacial score (nSPS) is 19.8. The fraction of sp³-hybridized carbons (Fsp3) is 0.364. The van der Waals surface area contributed by atoms with E-state index in [4.69, 9.17) is 5.11 Å². The zero-order valence-electron chi connectivity index (χ0n) is 15.6. The highest BCUT2D eigenvalue weighted by Crippen LogP contribution is 2.36. The number of carbonyl (C=O) groups is 2. The third kappa shape index (κ3) is 4.37. The van der Waals surface area contributed by atoms with E-state index in [2.05, 4.69) is 5.32 Å². The summed E-state index contributed by atoms with van der Waals surface area (Å²) in [6.45, 7) is 2.98. The Morgan fingerprint density at radius 3 is 2.41 bits per heavy atom. The van der Waals surface area contributed by atoms with E-state index in [1.807, 2.05) is 66.4 Å². The van der Waals surface area contributed by atoms with Crippen LogP contribution in [-0.2, 0) is 22.7 Å². The predicted molar refractivity (Wildman–Crippen MR) is 104 cm³/mol. The molecule has 5 heteroatoms. The van der Waals surface area contributed by atoms with Crippen LogP contribution >= 0.6 is 0 Å². The van der Waals surface area contributed by atoms with Crippen molar-refractivity contribution in [2.45, 2.75) is 39.0 Å². The van der Waals surface area contributed by atoms with Crippen molar-refractivity contribution in [3.05, 3.63) is 71.3 Å². The molecule has 0 bridgehead atoms.